The van der Waals surface area contributed by atoms with Crippen molar-refractivity contribution < 1.29 is 4.39 Å². The van der Waals surface area contributed by atoms with Gasteiger partial charge in [0.25, 0.3) is 0 Å². The molecular weight excluding hydrogens is 251 g/mol. The SMILES string of the molecule is NNC(Cc1ccc(F)cc1Cl)c1ccccc1. The van der Waals surface area contributed by atoms with Gasteiger partial charge in [0.2, 0.25) is 0 Å². The van der Waals surface area contributed by atoms with Crippen LogP contribution in [0.15, 0.2) is 48.5 Å². The first kappa shape index (κ1) is 13.0. The summed E-state index contributed by atoms with van der Waals surface area (Å²) in [4.78, 5) is 0. The van der Waals surface area contributed by atoms with Crippen LogP contribution < -0.4 is 11.3 Å². The largest absolute Gasteiger partial charge is 0.271 e. The van der Waals surface area contributed by atoms with E-state index in [0.717, 1.165) is 11.1 Å². The maximum atomic E-state index is 13.0. The highest BCUT2D eigenvalue weighted by atomic mass is 35.5. The maximum absolute atomic E-state index is 13.0. The molecule has 2 aromatic carbocycles. The van der Waals surface area contributed by atoms with E-state index < -0.39 is 0 Å². The third-order valence-corrected chi connectivity index (χ3v) is 3.19. The molecule has 0 fully saturated rings. The van der Waals surface area contributed by atoms with E-state index in [1.54, 1.807) is 6.07 Å². The second-order valence-corrected chi connectivity index (χ2v) is 4.48. The Labute approximate surface area is 111 Å². The van der Waals surface area contributed by atoms with Crippen molar-refractivity contribution in [3.05, 3.63) is 70.5 Å². The lowest BCUT2D eigenvalue weighted by Gasteiger charge is -2.17. The molecule has 4 heteroatoms. The fourth-order valence-corrected chi connectivity index (χ4v) is 2.11. The number of benzene rings is 2. The second-order valence-electron chi connectivity index (χ2n) is 4.07. The van der Waals surface area contributed by atoms with Gasteiger partial charge in [-0.05, 0) is 29.7 Å². The van der Waals surface area contributed by atoms with Gasteiger partial charge in [-0.2, -0.15) is 0 Å². The number of hydrazine groups is 1. The van der Waals surface area contributed by atoms with Crippen LogP contribution in [-0.2, 0) is 6.42 Å². The zero-order chi connectivity index (χ0) is 13.0. The Morgan fingerprint density at radius 1 is 1.17 bits per heavy atom. The van der Waals surface area contributed by atoms with Crippen molar-refractivity contribution in [3.8, 4) is 0 Å². The van der Waals surface area contributed by atoms with E-state index in [0.29, 0.717) is 11.4 Å². The van der Waals surface area contributed by atoms with Crippen LogP contribution in [0.5, 0.6) is 0 Å². The molecule has 94 valence electrons. The molecule has 0 saturated carbocycles. The minimum atomic E-state index is -0.333. The molecule has 1 atom stereocenters. The summed E-state index contributed by atoms with van der Waals surface area (Å²) in [6.45, 7) is 0. The van der Waals surface area contributed by atoms with E-state index >= 15 is 0 Å². The van der Waals surface area contributed by atoms with Crippen molar-refractivity contribution in [2.75, 3.05) is 0 Å². The minimum Gasteiger partial charge on any atom is -0.271 e. The van der Waals surface area contributed by atoms with Gasteiger partial charge in [0.1, 0.15) is 5.82 Å². The summed E-state index contributed by atoms with van der Waals surface area (Å²) in [7, 11) is 0. The average molecular weight is 265 g/mol. The molecule has 1 unspecified atom stereocenters. The minimum absolute atomic E-state index is 0.0471. The van der Waals surface area contributed by atoms with Gasteiger partial charge in [-0.15, -0.1) is 0 Å². The van der Waals surface area contributed by atoms with Gasteiger partial charge in [-0.3, -0.25) is 11.3 Å². The Morgan fingerprint density at radius 3 is 2.50 bits per heavy atom. The fraction of sp³-hybridized carbons (Fsp3) is 0.143. The maximum Gasteiger partial charge on any atom is 0.124 e. The first-order valence-electron chi connectivity index (χ1n) is 5.65. The molecule has 0 saturated heterocycles. The van der Waals surface area contributed by atoms with E-state index in [1.807, 2.05) is 30.3 Å². The van der Waals surface area contributed by atoms with Crippen LogP contribution in [0.25, 0.3) is 0 Å². The Kier molecular flexibility index (Phi) is 4.31. The van der Waals surface area contributed by atoms with E-state index in [4.69, 9.17) is 17.4 Å². The first-order chi connectivity index (χ1) is 8.70. The number of halogens is 2. The van der Waals surface area contributed by atoms with Crippen molar-refractivity contribution in [1.29, 1.82) is 0 Å². The summed E-state index contributed by atoms with van der Waals surface area (Å²) in [5.74, 6) is 5.23. The molecule has 2 rings (SSSR count). The van der Waals surface area contributed by atoms with E-state index in [2.05, 4.69) is 5.43 Å². The quantitative estimate of drug-likeness (QED) is 0.657. The third kappa shape index (κ3) is 3.07. The van der Waals surface area contributed by atoms with Gasteiger partial charge < -0.3 is 0 Å². The number of hydrogen-bond acceptors (Lipinski definition) is 2. The van der Waals surface area contributed by atoms with Crippen LogP contribution in [-0.4, -0.2) is 0 Å². The van der Waals surface area contributed by atoms with Crippen molar-refractivity contribution in [2.45, 2.75) is 12.5 Å². The molecule has 0 heterocycles. The number of rotatable bonds is 4. The van der Waals surface area contributed by atoms with Crippen LogP contribution in [0, 0.1) is 5.82 Å². The number of nitrogens with two attached hydrogens (primary N) is 1. The molecule has 0 aliphatic carbocycles. The summed E-state index contributed by atoms with van der Waals surface area (Å²) in [5, 5.41) is 0.422. The summed E-state index contributed by atoms with van der Waals surface area (Å²) in [6.07, 6.45) is 0.611. The molecule has 3 N–H and O–H groups in total. The third-order valence-electron chi connectivity index (χ3n) is 2.84. The molecule has 2 nitrogen and oxygen atoms in total. The van der Waals surface area contributed by atoms with Crippen LogP contribution >= 0.6 is 11.6 Å². The Morgan fingerprint density at radius 2 is 1.89 bits per heavy atom. The predicted octanol–water partition coefficient (Wildman–Crippen LogP) is 3.23. The topological polar surface area (TPSA) is 38.0 Å². The van der Waals surface area contributed by atoms with E-state index in [-0.39, 0.29) is 11.9 Å². The van der Waals surface area contributed by atoms with Crippen LogP contribution in [0.2, 0.25) is 5.02 Å². The lowest BCUT2D eigenvalue weighted by molar-refractivity contribution is 0.551. The van der Waals surface area contributed by atoms with Crippen LogP contribution in [0.1, 0.15) is 17.2 Å². The Balaban J connectivity index is 2.21. The molecule has 18 heavy (non-hydrogen) atoms. The van der Waals surface area contributed by atoms with Crippen molar-refractivity contribution >= 4 is 11.6 Å². The molecule has 0 radical (unpaired) electrons. The summed E-state index contributed by atoms with van der Waals surface area (Å²) in [6, 6.07) is 14.2. The zero-order valence-corrected chi connectivity index (χ0v) is 10.5. The van der Waals surface area contributed by atoms with Gasteiger partial charge in [0, 0.05) is 5.02 Å². The standard InChI is InChI=1S/C14H14ClFN2/c15-13-9-12(16)7-6-11(13)8-14(18-17)10-4-2-1-3-5-10/h1-7,9,14,18H,8,17H2. The highest BCUT2D eigenvalue weighted by molar-refractivity contribution is 6.31. The fourth-order valence-electron chi connectivity index (χ4n) is 1.87. The Hall–Kier alpha value is -1.42. The van der Waals surface area contributed by atoms with Crippen molar-refractivity contribution in [1.82, 2.24) is 5.43 Å². The van der Waals surface area contributed by atoms with Crippen LogP contribution in [0.4, 0.5) is 4.39 Å². The summed E-state index contributed by atoms with van der Waals surface area (Å²) in [5.41, 5.74) is 4.69. The number of nitrogens with one attached hydrogen (secondary N) is 1. The lowest BCUT2D eigenvalue weighted by atomic mass is 9.99. The molecule has 0 aliphatic rings. The van der Waals surface area contributed by atoms with Crippen molar-refractivity contribution in [2.24, 2.45) is 5.84 Å². The highest BCUT2D eigenvalue weighted by Crippen LogP contribution is 2.23. The van der Waals surface area contributed by atoms with Gasteiger partial charge in [0.15, 0.2) is 0 Å². The lowest BCUT2D eigenvalue weighted by Crippen LogP contribution is -2.29. The summed E-state index contributed by atoms with van der Waals surface area (Å²) >= 11 is 6.01. The van der Waals surface area contributed by atoms with Gasteiger partial charge in [-0.25, -0.2) is 4.39 Å². The highest BCUT2D eigenvalue weighted by Gasteiger charge is 2.12. The van der Waals surface area contributed by atoms with Gasteiger partial charge in [0.05, 0.1) is 6.04 Å². The second kappa shape index (κ2) is 5.96. The molecule has 2 aromatic rings. The predicted molar refractivity (Wildman–Crippen MR) is 71.6 cm³/mol. The first-order valence-corrected chi connectivity index (χ1v) is 6.03. The monoisotopic (exact) mass is 264 g/mol. The van der Waals surface area contributed by atoms with Gasteiger partial charge in [-0.1, -0.05) is 48.0 Å². The van der Waals surface area contributed by atoms with Crippen molar-refractivity contribution in [3.63, 3.8) is 0 Å². The smallest absolute Gasteiger partial charge is 0.124 e. The zero-order valence-electron chi connectivity index (χ0n) is 9.74. The molecule has 0 amide bonds. The van der Waals surface area contributed by atoms with Gasteiger partial charge >= 0.3 is 0 Å². The van der Waals surface area contributed by atoms with E-state index in [9.17, 15) is 4.39 Å². The molecule has 0 bridgehead atoms. The molecule has 0 spiro atoms. The normalized spacial score (nSPS) is 12.4. The molecular formula is C14H14ClFN2. The number of hydrogen-bond donors (Lipinski definition) is 2. The van der Waals surface area contributed by atoms with Crippen LogP contribution in [0.3, 0.4) is 0 Å². The van der Waals surface area contributed by atoms with E-state index in [1.165, 1.54) is 12.1 Å². The molecule has 0 aromatic heterocycles. The summed E-state index contributed by atoms with van der Waals surface area (Å²) < 4.78 is 13.0. The Bertz CT molecular complexity index is 516. The molecule has 0 aliphatic heterocycles. The average Bonchev–Trinajstić information content (AvgIpc) is 2.39.